The van der Waals surface area contributed by atoms with Gasteiger partial charge in [0.25, 0.3) is 0 Å². The third kappa shape index (κ3) is 3.96. The zero-order valence-electron chi connectivity index (χ0n) is 18.0. The number of pyridine rings is 1. The van der Waals surface area contributed by atoms with Crippen LogP contribution in [0.3, 0.4) is 0 Å². The number of hydrogen-bond donors (Lipinski definition) is 0. The maximum Gasteiger partial charge on any atom is 0.224 e. The number of ether oxygens (including phenoxy) is 1. The Balaban J connectivity index is 1.66. The smallest absolute Gasteiger partial charge is 0.224 e. The van der Waals surface area contributed by atoms with Crippen LogP contribution in [0.1, 0.15) is 5.56 Å². The van der Waals surface area contributed by atoms with Crippen LogP contribution in [-0.2, 0) is 13.7 Å². The average Bonchev–Trinajstić information content (AvgIpc) is 2.86. The predicted octanol–water partition coefficient (Wildman–Crippen LogP) is 5.40. The minimum atomic E-state index is -0.300. The second-order valence-electron chi connectivity index (χ2n) is 7.77. The SMILES string of the molecule is Cn1cc(OCc2ccccc2)c(=O)cc1-c1c(-c2ccccc2)oc2ccccc2c1=O. The maximum absolute atomic E-state index is 13.6. The van der Waals surface area contributed by atoms with Gasteiger partial charge in [0.15, 0.2) is 5.75 Å². The number of benzene rings is 3. The molecule has 0 saturated heterocycles. The van der Waals surface area contributed by atoms with Gasteiger partial charge in [0.05, 0.1) is 22.8 Å². The van der Waals surface area contributed by atoms with Gasteiger partial charge < -0.3 is 13.7 Å². The Morgan fingerprint density at radius 3 is 2.27 bits per heavy atom. The Bertz CT molecular complexity index is 1550. The van der Waals surface area contributed by atoms with Crippen LogP contribution in [0.2, 0.25) is 0 Å². The van der Waals surface area contributed by atoms with E-state index >= 15 is 0 Å². The summed E-state index contributed by atoms with van der Waals surface area (Å²) in [4.78, 5) is 26.5. The number of para-hydroxylation sites is 1. The summed E-state index contributed by atoms with van der Waals surface area (Å²) in [6.45, 7) is 0.281. The molecule has 5 nitrogen and oxygen atoms in total. The highest BCUT2D eigenvalue weighted by atomic mass is 16.5. The van der Waals surface area contributed by atoms with Crippen molar-refractivity contribution < 1.29 is 9.15 Å². The first kappa shape index (κ1) is 20.5. The Morgan fingerprint density at radius 1 is 0.848 bits per heavy atom. The lowest BCUT2D eigenvalue weighted by atomic mass is 10.0. The fraction of sp³-hybridized carbons (Fsp3) is 0.0714. The number of rotatable bonds is 5. The van der Waals surface area contributed by atoms with Crippen molar-refractivity contribution >= 4 is 11.0 Å². The average molecular weight is 435 g/mol. The van der Waals surface area contributed by atoms with E-state index in [0.717, 1.165) is 11.1 Å². The molecule has 0 aliphatic carbocycles. The van der Waals surface area contributed by atoms with Crippen LogP contribution in [0.25, 0.3) is 33.6 Å². The van der Waals surface area contributed by atoms with Gasteiger partial charge in [-0.1, -0.05) is 72.8 Å². The Hall–Kier alpha value is -4.38. The van der Waals surface area contributed by atoms with Gasteiger partial charge in [-0.15, -0.1) is 0 Å². The van der Waals surface area contributed by atoms with Gasteiger partial charge >= 0.3 is 0 Å². The van der Waals surface area contributed by atoms with Gasteiger partial charge in [0.2, 0.25) is 10.9 Å². The molecule has 162 valence electrons. The number of nitrogens with zero attached hydrogens (tertiary/aromatic N) is 1. The number of aryl methyl sites for hydroxylation is 1. The molecule has 5 rings (SSSR count). The van der Waals surface area contributed by atoms with Crippen LogP contribution < -0.4 is 15.6 Å². The Kier molecular flexibility index (Phi) is 5.37. The third-order valence-corrected chi connectivity index (χ3v) is 5.53. The van der Waals surface area contributed by atoms with Crippen LogP contribution in [0, 0.1) is 0 Å². The van der Waals surface area contributed by atoms with E-state index in [9.17, 15) is 9.59 Å². The minimum absolute atomic E-state index is 0.191. The Morgan fingerprint density at radius 2 is 1.52 bits per heavy atom. The van der Waals surface area contributed by atoms with Crippen molar-refractivity contribution in [3.63, 3.8) is 0 Å². The molecule has 0 radical (unpaired) electrons. The highest BCUT2D eigenvalue weighted by Crippen LogP contribution is 2.32. The lowest BCUT2D eigenvalue weighted by Crippen LogP contribution is -2.16. The molecule has 33 heavy (non-hydrogen) atoms. The summed E-state index contributed by atoms with van der Waals surface area (Å²) in [7, 11) is 1.79. The van der Waals surface area contributed by atoms with Crippen LogP contribution in [0.5, 0.6) is 5.75 Å². The molecular formula is C28H21NO4. The highest BCUT2D eigenvalue weighted by molar-refractivity contribution is 5.88. The molecule has 0 fully saturated rings. The van der Waals surface area contributed by atoms with Crippen molar-refractivity contribution in [1.29, 1.82) is 0 Å². The molecule has 0 spiro atoms. The van der Waals surface area contributed by atoms with Gasteiger partial charge in [-0.3, -0.25) is 9.59 Å². The molecule has 5 aromatic rings. The van der Waals surface area contributed by atoms with Crippen molar-refractivity contribution in [3.8, 4) is 28.3 Å². The molecule has 0 aliphatic heterocycles. The number of aromatic nitrogens is 1. The van der Waals surface area contributed by atoms with E-state index in [4.69, 9.17) is 9.15 Å². The van der Waals surface area contributed by atoms with Crippen molar-refractivity contribution in [2.75, 3.05) is 0 Å². The van der Waals surface area contributed by atoms with Crippen molar-refractivity contribution in [1.82, 2.24) is 4.57 Å². The molecule has 5 heteroatoms. The van der Waals surface area contributed by atoms with Crippen molar-refractivity contribution in [2.24, 2.45) is 7.05 Å². The standard InChI is InChI=1S/C28H21NO4/c1-29-17-25(32-18-19-10-4-2-5-11-19)23(30)16-22(29)26-27(31)21-14-8-9-15-24(21)33-28(26)20-12-6-3-7-13-20/h2-17H,18H2,1H3. The van der Waals surface area contributed by atoms with Crippen LogP contribution >= 0.6 is 0 Å². The fourth-order valence-electron chi connectivity index (χ4n) is 3.87. The zero-order valence-corrected chi connectivity index (χ0v) is 18.0. The monoisotopic (exact) mass is 435 g/mol. The van der Waals surface area contributed by atoms with Crippen molar-refractivity contribution in [3.05, 3.63) is 123 Å². The molecule has 2 heterocycles. The number of fused-ring (bicyclic) bond motifs is 1. The molecule has 3 aromatic carbocycles. The molecule has 0 aliphatic rings. The Labute approximate surface area is 190 Å². The van der Waals surface area contributed by atoms with Gasteiger partial charge in [-0.05, 0) is 17.7 Å². The molecule has 0 N–H and O–H groups in total. The summed E-state index contributed by atoms with van der Waals surface area (Å²) in [6, 6.07) is 27.6. The first-order valence-electron chi connectivity index (χ1n) is 10.6. The second kappa shape index (κ2) is 8.63. The lowest BCUT2D eigenvalue weighted by molar-refractivity contribution is 0.301. The summed E-state index contributed by atoms with van der Waals surface area (Å²) in [5.74, 6) is 0.642. The summed E-state index contributed by atoms with van der Waals surface area (Å²) in [5, 5.41) is 0.462. The second-order valence-corrected chi connectivity index (χ2v) is 7.77. The van der Waals surface area contributed by atoms with Gasteiger partial charge in [0.1, 0.15) is 18.0 Å². The maximum atomic E-state index is 13.6. The first-order chi connectivity index (χ1) is 16.1. The van der Waals surface area contributed by atoms with Crippen molar-refractivity contribution in [2.45, 2.75) is 6.61 Å². The molecule has 0 atom stereocenters. The van der Waals surface area contributed by atoms with Crippen LogP contribution in [-0.4, -0.2) is 4.57 Å². The van der Waals surface area contributed by atoms with E-state index in [-0.39, 0.29) is 23.2 Å². The molecule has 2 aromatic heterocycles. The largest absolute Gasteiger partial charge is 0.483 e. The number of hydrogen-bond acceptors (Lipinski definition) is 4. The first-order valence-corrected chi connectivity index (χ1v) is 10.6. The summed E-state index contributed by atoms with van der Waals surface area (Å²) in [5.41, 5.74) is 2.53. The highest BCUT2D eigenvalue weighted by Gasteiger charge is 2.20. The zero-order chi connectivity index (χ0) is 22.8. The summed E-state index contributed by atoms with van der Waals surface area (Å²) < 4.78 is 13.7. The molecule has 0 saturated carbocycles. The summed E-state index contributed by atoms with van der Waals surface area (Å²) in [6.07, 6.45) is 1.62. The van der Waals surface area contributed by atoms with E-state index < -0.39 is 0 Å². The van der Waals surface area contributed by atoms with E-state index in [0.29, 0.717) is 28.0 Å². The quantitative estimate of drug-likeness (QED) is 0.371. The van der Waals surface area contributed by atoms with E-state index in [1.54, 1.807) is 36.0 Å². The van der Waals surface area contributed by atoms with Crippen LogP contribution in [0.4, 0.5) is 0 Å². The van der Waals surface area contributed by atoms with E-state index in [1.807, 2.05) is 66.7 Å². The molecule has 0 unspecified atom stereocenters. The van der Waals surface area contributed by atoms with Crippen LogP contribution in [0.15, 0.2) is 111 Å². The van der Waals surface area contributed by atoms with Gasteiger partial charge in [-0.2, -0.15) is 0 Å². The fourth-order valence-corrected chi connectivity index (χ4v) is 3.87. The predicted molar refractivity (Wildman–Crippen MR) is 129 cm³/mol. The minimum Gasteiger partial charge on any atom is -0.483 e. The normalized spacial score (nSPS) is 10.9. The van der Waals surface area contributed by atoms with Gasteiger partial charge in [0, 0.05) is 18.7 Å². The van der Waals surface area contributed by atoms with E-state index in [1.165, 1.54) is 6.07 Å². The van der Waals surface area contributed by atoms with E-state index in [2.05, 4.69) is 0 Å². The topological polar surface area (TPSA) is 61.4 Å². The van der Waals surface area contributed by atoms with Gasteiger partial charge in [-0.25, -0.2) is 0 Å². The third-order valence-electron chi connectivity index (χ3n) is 5.53. The molecule has 0 amide bonds. The summed E-state index contributed by atoms with van der Waals surface area (Å²) >= 11 is 0. The lowest BCUT2D eigenvalue weighted by Gasteiger charge is -2.15. The molecular weight excluding hydrogens is 414 g/mol. The molecule has 0 bridgehead atoms.